The standard InChI is InChI=1S/C10H9NO4.ClH/c1-15-10(14)8-4-2-7(6-11-8)3-5-9(12)13;/h2-6H,1H3,(H,12,13);1H/b5-3+;. The third-order valence-corrected chi connectivity index (χ3v) is 1.60. The number of nitrogens with zero attached hydrogens (tertiary/aromatic N) is 1. The summed E-state index contributed by atoms with van der Waals surface area (Å²) in [4.78, 5) is 25.0. The first-order valence-electron chi connectivity index (χ1n) is 4.09. The van der Waals surface area contributed by atoms with Crippen molar-refractivity contribution in [3.8, 4) is 0 Å². The summed E-state index contributed by atoms with van der Waals surface area (Å²) in [5.41, 5.74) is 0.787. The molecule has 86 valence electrons. The molecule has 5 nitrogen and oxygen atoms in total. The first-order valence-corrected chi connectivity index (χ1v) is 4.09. The molecule has 6 heteroatoms. The maximum Gasteiger partial charge on any atom is 0.356 e. The highest BCUT2D eigenvalue weighted by molar-refractivity contribution is 5.88. The van der Waals surface area contributed by atoms with E-state index in [-0.39, 0.29) is 18.1 Å². The van der Waals surface area contributed by atoms with Crippen molar-refractivity contribution in [3.05, 3.63) is 35.7 Å². The molecule has 1 rings (SSSR count). The van der Waals surface area contributed by atoms with E-state index < -0.39 is 11.9 Å². The number of hydrogen-bond acceptors (Lipinski definition) is 4. The van der Waals surface area contributed by atoms with Crippen LogP contribution in [0.4, 0.5) is 0 Å². The Balaban J connectivity index is 0.00000225. The van der Waals surface area contributed by atoms with Crippen LogP contribution in [-0.2, 0) is 9.53 Å². The molecule has 0 atom stereocenters. The zero-order valence-electron chi connectivity index (χ0n) is 8.41. The normalized spacial score (nSPS) is 9.56. The Morgan fingerprint density at radius 1 is 1.44 bits per heavy atom. The lowest BCUT2D eigenvalue weighted by Crippen LogP contribution is -2.03. The fraction of sp³-hybridized carbons (Fsp3) is 0.100. The van der Waals surface area contributed by atoms with Crippen LogP contribution in [0.1, 0.15) is 16.1 Å². The zero-order chi connectivity index (χ0) is 11.3. The number of carboxylic acids is 1. The molecular weight excluding hydrogens is 234 g/mol. The molecule has 0 aliphatic carbocycles. The van der Waals surface area contributed by atoms with Crippen LogP contribution in [-0.4, -0.2) is 29.1 Å². The van der Waals surface area contributed by atoms with Crippen molar-refractivity contribution >= 4 is 30.4 Å². The molecule has 0 aliphatic rings. The largest absolute Gasteiger partial charge is 0.478 e. The van der Waals surface area contributed by atoms with Gasteiger partial charge < -0.3 is 9.84 Å². The van der Waals surface area contributed by atoms with Gasteiger partial charge in [-0.15, -0.1) is 12.4 Å². The SMILES string of the molecule is COC(=O)c1ccc(/C=C/C(=O)O)cn1.Cl. The van der Waals surface area contributed by atoms with Gasteiger partial charge in [-0.05, 0) is 17.7 Å². The van der Waals surface area contributed by atoms with Gasteiger partial charge >= 0.3 is 11.9 Å². The molecule has 1 heterocycles. The molecule has 0 bridgehead atoms. The van der Waals surface area contributed by atoms with Gasteiger partial charge in [0.15, 0.2) is 0 Å². The van der Waals surface area contributed by atoms with Crippen molar-refractivity contribution in [3.63, 3.8) is 0 Å². The lowest BCUT2D eigenvalue weighted by Gasteiger charge is -1.97. The minimum absolute atomic E-state index is 0. The van der Waals surface area contributed by atoms with Crippen molar-refractivity contribution in [1.29, 1.82) is 0 Å². The molecule has 0 aromatic carbocycles. The van der Waals surface area contributed by atoms with Crippen LogP contribution in [0, 0.1) is 0 Å². The predicted octanol–water partition coefficient (Wildman–Crippen LogP) is 1.39. The number of ether oxygens (including phenoxy) is 1. The van der Waals surface area contributed by atoms with E-state index in [1.807, 2.05) is 0 Å². The second-order valence-corrected chi connectivity index (χ2v) is 2.64. The van der Waals surface area contributed by atoms with E-state index >= 15 is 0 Å². The first kappa shape index (κ1) is 14.1. The zero-order valence-corrected chi connectivity index (χ0v) is 9.23. The van der Waals surface area contributed by atoms with Gasteiger partial charge in [0.05, 0.1) is 7.11 Å². The van der Waals surface area contributed by atoms with Gasteiger partial charge in [0.25, 0.3) is 0 Å². The smallest absolute Gasteiger partial charge is 0.356 e. The molecule has 0 aliphatic heterocycles. The summed E-state index contributed by atoms with van der Waals surface area (Å²) >= 11 is 0. The van der Waals surface area contributed by atoms with Gasteiger partial charge in [0.2, 0.25) is 0 Å². The number of carbonyl (C=O) groups is 2. The molecule has 1 aromatic heterocycles. The Morgan fingerprint density at radius 3 is 2.56 bits per heavy atom. The highest BCUT2D eigenvalue weighted by atomic mass is 35.5. The third-order valence-electron chi connectivity index (χ3n) is 1.60. The molecule has 0 fully saturated rings. The summed E-state index contributed by atoms with van der Waals surface area (Å²) < 4.78 is 4.46. The Morgan fingerprint density at radius 2 is 2.12 bits per heavy atom. The van der Waals surface area contributed by atoms with E-state index in [0.29, 0.717) is 5.56 Å². The summed E-state index contributed by atoms with van der Waals surface area (Å²) in [7, 11) is 1.27. The fourth-order valence-corrected chi connectivity index (χ4v) is 0.897. The lowest BCUT2D eigenvalue weighted by molar-refractivity contribution is -0.131. The van der Waals surface area contributed by atoms with Crippen LogP contribution in [0.2, 0.25) is 0 Å². The van der Waals surface area contributed by atoms with Crippen LogP contribution in [0.25, 0.3) is 6.08 Å². The highest BCUT2D eigenvalue weighted by Crippen LogP contribution is 2.03. The second kappa shape index (κ2) is 6.58. The van der Waals surface area contributed by atoms with Crippen molar-refractivity contribution < 1.29 is 19.4 Å². The number of rotatable bonds is 3. The van der Waals surface area contributed by atoms with Crippen LogP contribution >= 0.6 is 12.4 Å². The van der Waals surface area contributed by atoms with Crippen LogP contribution < -0.4 is 0 Å². The topological polar surface area (TPSA) is 76.5 Å². The molecule has 1 N–H and O–H groups in total. The number of hydrogen-bond donors (Lipinski definition) is 1. The molecular formula is C10H10ClNO4. The lowest BCUT2D eigenvalue weighted by atomic mass is 10.2. The van der Waals surface area contributed by atoms with Crippen LogP contribution in [0.5, 0.6) is 0 Å². The van der Waals surface area contributed by atoms with Crippen LogP contribution in [0.3, 0.4) is 0 Å². The molecule has 0 saturated heterocycles. The molecule has 0 saturated carbocycles. The Bertz CT molecular complexity index is 400. The quantitative estimate of drug-likeness (QED) is 0.641. The number of carboxylic acid groups (broad SMARTS) is 1. The number of esters is 1. The maximum absolute atomic E-state index is 11.0. The molecule has 1 aromatic rings. The summed E-state index contributed by atoms with van der Waals surface area (Å²) in [5, 5.41) is 8.37. The van der Waals surface area contributed by atoms with Gasteiger partial charge in [0, 0.05) is 12.3 Å². The van der Waals surface area contributed by atoms with Crippen molar-refractivity contribution in [2.75, 3.05) is 7.11 Å². The minimum atomic E-state index is -1.04. The van der Waals surface area contributed by atoms with Gasteiger partial charge in [-0.25, -0.2) is 14.6 Å². The Labute approximate surface area is 98.2 Å². The van der Waals surface area contributed by atoms with E-state index in [9.17, 15) is 9.59 Å². The summed E-state index contributed by atoms with van der Waals surface area (Å²) in [6.07, 6.45) is 3.77. The van der Waals surface area contributed by atoms with Gasteiger partial charge in [0.1, 0.15) is 5.69 Å². The number of halogens is 1. The number of aliphatic carboxylic acids is 1. The Kier molecular flexibility index (Phi) is 5.80. The average molecular weight is 244 g/mol. The fourth-order valence-electron chi connectivity index (χ4n) is 0.897. The summed E-state index contributed by atoms with van der Waals surface area (Å²) in [5.74, 6) is -1.56. The third kappa shape index (κ3) is 4.10. The summed E-state index contributed by atoms with van der Waals surface area (Å²) in [6.45, 7) is 0. The van der Waals surface area contributed by atoms with E-state index in [1.165, 1.54) is 25.4 Å². The maximum atomic E-state index is 11.0. The molecule has 0 spiro atoms. The highest BCUT2D eigenvalue weighted by Gasteiger charge is 2.04. The average Bonchev–Trinajstić information content (AvgIpc) is 2.26. The second-order valence-electron chi connectivity index (χ2n) is 2.64. The van der Waals surface area contributed by atoms with Crippen molar-refractivity contribution in [2.45, 2.75) is 0 Å². The Hall–Kier alpha value is -1.88. The summed E-state index contributed by atoms with van der Waals surface area (Å²) in [6, 6.07) is 3.05. The first-order chi connectivity index (χ1) is 7.13. The van der Waals surface area contributed by atoms with Gasteiger partial charge in [-0.3, -0.25) is 0 Å². The molecule has 0 radical (unpaired) electrons. The van der Waals surface area contributed by atoms with E-state index in [4.69, 9.17) is 5.11 Å². The van der Waals surface area contributed by atoms with E-state index in [1.54, 1.807) is 6.07 Å². The van der Waals surface area contributed by atoms with Crippen LogP contribution in [0.15, 0.2) is 24.4 Å². The monoisotopic (exact) mass is 243 g/mol. The molecule has 0 amide bonds. The molecule has 0 unspecified atom stereocenters. The van der Waals surface area contributed by atoms with E-state index in [0.717, 1.165) is 6.08 Å². The van der Waals surface area contributed by atoms with Gasteiger partial charge in [-0.2, -0.15) is 0 Å². The van der Waals surface area contributed by atoms with Crippen molar-refractivity contribution in [1.82, 2.24) is 4.98 Å². The number of aromatic nitrogens is 1. The number of carbonyl (C=O) groups excluding carboxylic acids is 1. The predicted molar refractivity (Wildman–Crippen MR) is 59.5 cm³/mol. The van der Waals surface area contributed by atoms with Gasteiger partial charge in [-0.1, -0.05) is 6.07 Å². The van der Waals surface area contributed by atoms with Crippen molar-refractivity contribution in [2.24, 2.45) is 0 Å². The minimum Gasteiger partial charge on any atom is -0.478 e. The number of pyridine rings is 1. The molecule has 16 heavy (non-hydrogen) atoms. The number of methoxy groups -OCH3 is 1. The van der Waals surface area contributed by atoms with E-state index in [2.05, 4.69) is 9.72 Å².